The highest BCUT2D eigenvalue weighted by molar-refractivity contribution is 9.10. The van der Waals surface area contributed by atoms with Crippen LogP contribution in [0.5, 0.6) is 0 Å². The molecule has 2 heteroatoms. The molecule has 0 aromatic heterocycles. The van der Waals surface area contributed by atoms with Gasteiger partial charge in [0, 0.05) is 4.47 Å². The van der Waals surface area contributed by atoms with Gasteiger partial charge in [-0.25, -0.2) is 0 Å². The second-order valence-electron chi connectivity index (χ2n) is 4.25. The fourth-order valence-electron chi connectivity index (χ4n) is 1.97. The zero-order valence-electron chi connectivity index (χ0n) is 9.33. The molecule has 1 nitrogen and oxygen atoms in total. The van der Waals surface area contributed by atoms with E-state index in [4.69, 9.17) is 0 Å². The van der Waals surface area contributed by atoms with Crippen molar-refractivity contribution >= 4 is 21.7 Å². The van der Waals surface area contributed by atoms with Gasteiger partial charge in [-0.1, -0.05) is 46.3 Å². The molecular weight excluding hydrogens is 264 g/mol. The van der Waals surface area contributed by atoms with Crippen LogP contribution in [-0.2, 0) is 10.2 Å². The predicted molar refractivity (Wildman–Crippen MR) is 69.4 cm³/mol. The van der Waals surface area contributed by atoms with E-state index in [0.29, 0.717) is 0 Å². The lowest BCUT2D eigenvalue weighted by Crippen LogP contribution is -2.32. The van der Waals surface area contributed by atoms with Crippen LogP contribution in [0.3, 0.4) is 0 Å². The molecule has 0 saturated heterocycles. The first-order chi connectivity index (χ1) is 7.54. The molecule has 0 spiro atoms. The Hall–Kier alpha value is -1.15. The van der Waals surface area contributed by atoms with Gasteiger partial charge in [0.25, 0.3) is 0 Å². The smallest absolute Gasteiger partial charge is 0.172 e. The molecule has 16 heavy (non-hydrogen) atoms. The minimum absolute atomic E-state index is 0.178. The molecule has 82 valence electrons. The van der Waals surface area contributed by atoms with Gasteiger partial charge in [0.05, 0.1) is 5.41 Å². The van der Waals surface area contributed by atoms with Crippen LogP contribution < -0.4 is 0 Å². The molecule has 1 aliphatic rings. The second kappa shape index (κ2) is 4.02. The molecule has 0 heterocycles. The average molecular weight is 277 g/mol. The summed E-state index contributed by atoms with van der Waals surface area (Å²) < 4.78 is 1.03. The topological polar surface area (TPSA) is 17.1 Å². The lowest BCUT2D eigenvalue weighted by molar-refractivity contribution is -0.118. The third kappa shape index (κ3) is 1.78. The lowest BCUT2D eigenvalue weighted by Gasteiger charge is -2.27. The highest BCUT2D eigenvalue weighted by atomic mass is 79.9. The second-order valence-corrected chi connectivity index (χ2v) is 5.16. The van der Waals surface area contributed by atoms with Gasteiger partial charge in [-0.2, -0.15) is 0 Å². The Bertz CT molecular complexity index is 482. The van der Waals surface area contributed by atoms with E-state index in [0.717, 1.165) is 15.6 Å². The average Bonchev–Trinajstić information content (AvgIpc) is 2.27. The molecule has 0 radical (unpaired) electrons. The molecule has 0 aliphatic heterocycles. The summed E-state index contributed by atoms with van der Waals surface area (Å²) in [7, 11) is 0. The van der Waals surface area contributed by atoms with Gasteiger partial charge in [0.2, 0.25) is 0 Å². The predicted octanol–water partition coefficient (Wildman–Crippen LogP) is 3.79. The number of carbonyl (C=O) groups excluding carboxylic acids is 1. The van der Waals surface area contributed by atoms with Crippen molar-refractivity contribution < 1.29 is 4.79 Å². The van der Waals surface area contributed by atoms with Crippen LogP contribution >= 0.6 is 15.9 Å². The molecule has 0 amide bonds. The molecule has 1 aromatic rings. The Morgan fingerprint density at radius 2 is 1.81 bits per heavy atom. The number of halogens is 1. The van der Waals surface area contributed by atoms with Crippen molar-refractivity contribution in [2.24, 2.45) is 0 Å². The molecule has 1 atom stereocenters. The first-order valence-corrected chi connectivity index (χ1v) is 6.00. The van der Waals surface area contributed by atoms with Crippen LogP contribution in [0, 0.1) is 0 Å². The number of benzene rings is 1. The molecule has 0 saturated carbocycles. The number of allylic oxidation sites excluding steroid dienone is 4. The van der Waals surface area contributed by atoms with Gasteiger partial charge in [-0.3, -0.25) is 4.79 Å². The van der Waals surface area contributed by atoms with Gasteiger partial charge in [0.15, 0.2) is 5.78 Å². The largest absolute Gasteiger partial charge is 0.293 e. The van der Waals surface area contributed by atoms with Crippen LogP contribution in [0.15, 0.2) is 52.5 Å². The van der Waals surface area contributed by atoms with Crippen molar-refractivity contribution in [2.45, 2.75) is 19.3 Å². The van der Waals surface area contributed by atoms with Crippen molar-refractivity contribution in [2.75, 3.05) is 0 Å². The van der Waals surface area contributed by atoms with E-state index >= 15 is 0 Å². The monoisotopic (exact) mass is 276 g/mol. The third-order valence-corrected chi connectivity index (χ3v) is 3.58. The quantitative estimate of drug-likeness (QED) is 0.763. The van der Waals surface area contributed by atoms with E-state index in [1.807, 2.05) is 56.3 Å². The Morgan fingerprint density at radius 1 is 1.19 bits per heavy atom. The van der Waals surface area contributed by atoms with Gasteiger partial charge in [-0.15, -0.1) is 0 Å². The fraction of sp³-hybridized carbons (Fsp3) is 0.214. The van der Waals surface area contributed by atoms with E-state index < -0.39 is 5.41 Å². The molecule has 1 aliphatic carbocycles. The number of carbonyl (C=O) groups is 1. The van der Waals surface area contributed by atoms with Crippen molar-refractivity contribution in [3.8, 4) is 0 Å². The number of ketones is 1. The maximum absolute atomic E-state index is 12.2. The van der Waals surface area contributed by atoms with Crippen LogP contribution in [0.1, 0.15) is 19.4 Å². The van der Waals surface area contributed by atoms with E-state index in [9.17, 15) is 4.79 Å². The number of hydrogen-bond acceptors (Lipinski definition) is 1. The minimum Gasteiger partial charge on any atom is -0.293 e. The van der Waals surface area contributed by atoms with Crippen LogP contribution in [0.25, 0.3) is 0 Å². The van der Waals surface area contributed by atoms with Crippen molar-refractivity contribution in [1.82, 2.24) is 0 Å². The van der Waals surface area contributed by atoms with E-state index in [1.165, 1.54) is 0 Å². The summed E-state index contributed by atoms with van der Waals surface area (Å²) in [5.74, 6) is 0.178. The van der Waals surface area contributed by atoms with Gasteiger partial charge in [0.1, 0.15) is 0 Å². The molecule has 0 bridgehead atoms. The Labute approximate surface area is 104 Å². The number of hydrogen-bond donors (Lipinski definition) is 0. The molecular formula is C14H13BrO. The minimum atomic E-state index is -0.514. The Balaban J connectivity index is 2.47. The van der Waals surface area contributed by atoms with Crippen molar-refractivity contribution in [1.29, 1.82) is 0 Å². The van der Waals surface area contributed by atoms with Crippen LogP contribution in [0.2, 0.25) is 0 Å². The Morgan fingerprint density at radius 3 is 2.44 bits per heavy atom. The summed E-state index contributed by atoms with van der Waals surface area (Å²) in [6, 6.07) is 7.92. The maximum atomic E-state index is 12.2. The molecule has 0 N–H and O–H groups in total. The maximum Gasteiger partial charge on any atom is 0.172 e. The first kappa shape index (κ1) is 11.3. The van der Waals surface area contributed by atoms with Crippen LogP contribution in [-0.4, -0.2) is 5.78 Å². The highest BCUT2D eigenvalue weighted by Gasteiger charge is 2.34. The number of rotatable bonds is 1. The zero-order chi connectivity index (χ0) is 11.8. The summed E-state index contributed by atoms with van der Waals surface area (Å²) in [5, 5.41) is 0. The normalized spacial score (nSPS) is 24.4. The summed E-state index contributed by atoms with van der Waals surface area (Å²) in [6.45, 7) is 3.83. The summed E-state index contributed by atoms with van der Waals surface area (Å²) in [4.78, 5) is 12.2. The number of Topliss-reactive ketones (excluding diaryl/α,β-unsaturated/α-hetero) is 1. The summed E-state index contributed by atoms with van der Waals surface area (Å²) in [6.07, 6.45) is 5.79. The standard InChI is InChI=1S/C14H13BrO/c1-10-4-3-9-14(2,13(10)16)11-5-7-12(15)8-6-11/h3-9H,1-2H3. The first-order valence-electron chi connectivity index (χ1n) is 5.21. The molecule has 1 unspecified atom stereocenters. The van der Waals surface area contributed by atoms with E-state index in [-0.39, 0.29) is 5.78 Å². The van der Waals surface area contributed by atoms with E-state index in [1.54, 1.807) is 0 Å². The van der Waals surface area contributed by atoms with Gasteiger partial charge >= 0.3 is 0 Å². The van der Waals surface area contributed by atoms with Crippen LogP contribution in [0.4, 0.5) is 0 Å². The SMILES string of the molecule is CC1=CC=CC(C)(c2ccc(Br)cc2)C1=O. The molecule has 0 fully saturated rings. The summed E-state index contributed by atoms with van der Waals surface area (Å²) in [5.41, 5.74) is 1.33. The lowest BCUT2D eigenvalue weighted by atomic mass is 9.74. The molecule has 1 aromatic carbocycles. The Kier molecular flexibility index (Phi) is 2.85. The van der Waals surface area contributed by atoms with E-state index in [2.05, 4.69) is 15.9 Å². The van der Waals surface area contributed by atoms with Crippen molar-refractivity contribution in [3.05, 3.63) is 58.1 Å². The highest BCUT2D eigenvalue weighted by Crippen LogP contribution is 2.32. The van der Waals surface area contributed by atoms with Crippen molar-refractivity contribution in [3.63, 3.8) is 0 Å². The summed E-state index contributed by atoms with van der Waals surface area (Å²) >= 11 is 3.40. The fourth-order valence-corrected chi connectivity index (χ4v) is 2.23. The molecule has 2 rings (SSSR count). The van der Waals surface area contributed by atoms with Gasteiger partial charge in [-0.05, 0) is 37.1 Å². The zero-order valence-corrected chi connectivity index (χ0v) is 10.9. The third-order valence-electron chi connectivity index (χ3n) is 3.05. The van der Waals surface area contributed by atoms with Gasteiger partial charge < -0.3 is 0 Å².